The van der Waals surface area contributed by atoms with Crippen molar-refractivity contribution in [3.05, 3.63) is 0 Å². The molecule has 4 unspecified atom stereocenters. The normalized spacial score (nSPS) is 20.0. The molecular weight excluding hydrogens is 550 g/mol. The van der Waals surface area contributed by atoms with E-state index in [-0.39, 0.29) is 49.3 Å². The SMILES string of the molecule is CC(Cl)OC(=O)N1CC=NC1CCCCCCCCCCCCC1N=CCN1C(=O)OC(C)Cl.Cl.Cl. The maximum Gasteiger partial charge on any atom is 0.413 e. The highest BCUT2D eigenvalue weighted by Gasteiger charge is 2.28. The van der Waals surface area contributed by atoms with Crippen LogP contribution in [0, 0.1) is 0 Å². The van der Waals surface area contributed by atoms with Crippen molar-refractivity contribution in [2.75, 3.05) is 13.1 Å². The van der Waals surface area contributed by atoms with Crippen molar-refractivity contribution in [1.29, 1.82) is 0 Å². The molecule has 0 aromatic carbocycles. The summed E-state index contributed by atoms with van der Waals surface area (Å²) < 4.78 is 10.1. The van der Waals surface area contributed by atoms with E-state index >= 15 is 0 Å². The molecule has 2 aliphatic heterocycles. The first kappa shape index (κ1) is 35.0. The highest BCUT2D eigenvalue weighted by molar-refractivity contribution is 6.20. The molecule has 2 heterocycles. The topological polar surface area (TPSA) is 83.8 Å². The molecule has 0 saturated heterocycles. The first-order valence-corrected chi connectivity index (χ1v) is 13.5. The largest absolute Gasteiger partial charge is 0.430 e. The first-order valence-electron chi connectivity index (χ1n) is 12.6. The predicted molar refractivity (Wildman–Crippen MR) is 151 cm³/mol. The summed E-state index contributed by atoms with van der Waals surface area (Å²) in [5.74, 6) is 0. The number of rotatable bonds is 15. The van der Waals surface area contributed by atoms with E-state index in [1.54, 1.807) is 36.1 Å². The highest BCUT2D eigenvalue weighted by atomic mass is 35.5. The fourth-order valence-corrected chi connectivity index (χ4v) is 4.40. The van der Waals surface area contributed by atoms with Gasteiger partial charge in [0.1, 0.15) is 12.3 Å². The number of ether oxygens (including phenoxy) is 2. The van der Waals surface area contributed by atoms with Crippen molar-refractivity contribution in [3.63, 3.8) is 0 Å². The average Bonchev–Trinajstić information content (AvgIpc) is 3.43. The first-order chi connectivity index (χ1) is 16.4. The Morgan fingerprint density at radius 3 is 1.33 bits per heavy atom. The van der Waals surface area contributed by atoms with Crippen LogP contribution in [0.15, 0.2) is 9.98 Å². The van der Waals surface area contributed by atoms with E-state index < -0.39 is 11.1 Å². The van der Waals surface area contributed by atoms with Crippen molar-refractivity contribution in [1.82, 2.24) is 9.80 Å². The van der Waals surface area contributed by atoms with Gasteiger partial charge in [0.15, 0.2) is 11.1 Å². The molecule has 0 aliphatic carbocycles. The summed E-state index contributed by atoms with van der Waals surface area (Å²) in [6, 6.07) is 0. The molecule has 0 saturated carbocycles. The number of hydrogen-bond acceptors (Lipinski definition) is 6. The zero-order valence-corrected chi connectivity index (χ0v) is 24.5. The van der Waals surface area contributed by atoms with Gasteiger partial charge in [-0.15, -0.1) is 24.8 Å². The second kappa shape index (κ2) is 20.1. The van der Waals surface area contributed by atoms with Crippen LogP contribution < -0.4 is 0 Å². The summed E-state index contributed by atoms with van der Waals surface area (Å²) in [4.78, 5) is 36.1. The van der Waals surface area contributed by atoms with Gasteiger partial charge >= 0.3 is 12.2 Å². The number of hydrogen-bond donors (Lipinski definition) is 0. The Labute approximate surface area is 238 Å². The quantitative estimate of drug-likeness (QED) is 0.147. The minimum atomic E-state index is -0.628. The van der Waals surface area contributed by atoms with E-state index in [0.29, 0.717) is 13.1 Å². The Balaban J connectivity index is 0.00000612. The second-order valence-electron chi connectivity index (χ2n) is 8.90. The van der Waals surface area contributed by atoms with Crippen molar-refractivity contribution >= 4 is 72.6 Å². The number of aliphatic imine (C=N–C) groups is 2. The summed E-state index contributed by atoms with van der Waals surface area (Å²) in [7, 11) is 0. The van der Waals surface area contributed by atoms with Crippen LogP contribution in [0.1, 0.15) is 90.9 Å². The third-order valence-corrected chi connectivity index (χ3v) is 6.18. The molecule has 2 aliphatic rings. The molecule has 4 atom stereocenters. The lowest BCUT2D eigenvalue weighted by atomic mass is 10.0. The molecule has 0 bridgehead atoms. The predicted octanol–water partition coefficient (Wildman–Crippen LogP) is 7.38. The number of halogens is 4. The standard InChI is InChI=1S/C24H40Cl2N4O4.2ClH/c1-19(25)33-23(31)29-17-15-27-21(29)13-11-9-7-5-3-4-6-8-10-12-14-22-28-16-18-30(22)24(32)34-20(2)26;;/h15-16,19-22H,3-14,17-18H2,1-2H3;2*1H. The molecule has 2 rings (SSSR count). The van der Waals surface area contributed by atoms with Crippen LogP contribution in [-0.2, 0) is 9.47 Å². The lowest BCUT2D eigenvalue weighted by molar-refractivity contribution is 0.0888. The molecule has 0 spiro atoms. The summed E-state index contributed by atoms with van der Waals surface area (Å²) >= 11 is 11.5. The summed E-state index contributed by atoms with van der Waals surface area (Å²) in [6.45, 7) is 4.27. The van der Waals surface area contributed by atoms with Gasteiger partial charge < -0.3 is 9.47 Å². The number of nitrogens with zero attached hydrogens (tertiary/aromatic N) is 4. The van der Waals surface area contributed by atoms with Crippen LogP contribution in [0.4, 0.5) is 9.59 Å². The summed E-state index contributed by atoms with van der Waals surface area (Å²) in [5, 5.41) is 0. The third kappa shape index (κ3) is 13.5. The smallest absolute Gasteiger partial charge is 0.413 e. The number of carbonyl (C=O) groups excluding carboxylic acids is 2. The van der Waals surface area contributed by atoms with Crippen LogP contribution in [0.3, 0.4) is 0 Å². The minimum absolute atomic E-state index is 0. The van der Waals surface area contributed by atoms with Crippen LogP contribution in [0.5, 0.6) is 0 Å². The molecule has 210 valence electrons. The lowest BCUT2D eigenvalue weighted by Crippen LogP contribution is -2.37. The Morgan fingerprint density at radius 1 is 0.722 bits per heavy atom. The average molecular weight is 592 g/mol. The monoisotopic (exact) mass is 590 g/mol. The molecule has 12 heteroatoms. The molecular formula is C24H42Cl4N4O4. The molecule has 2 amide bonds. The van der Waals surface area contributed by atoms with E-state index in [9.17, 15) is 9.59 Å². The number of amides is 2. The molecule has 8 nitrogen and oxygen atoms in total. The maximum atomic E-state index is 12.0. The van der Waals surface area contributed by atoms with Gasteiger partial charge in [0.2, 0.25) is 0 Å². The molecule has 0 fully saturated rings. The maximum absolute atomic E-state index is 12.0. The zero-order valence-electron chi connectivity index (χ0n) is 21.4. The van der Waals surface area contributed by atoms with Crippen LogP contribution >= 0.6 is 48.0 Å². The molecule has 0 aromatic rings. The minimum Gasteiger partial charge on any atom is -0.430 e. The van der Waals surface area contributed by atoms with E-state index in [0.717, 1.165) is 38.5 Å². The summed E-state index contributed by atoms with van der Waals surface area (Å²) in [5.41, 5.74) is -1.26. The van der Waals surface area contributed by atoms with E-state index in [2.05, 4.69) is 9.98 Å². The molecule has 0 aromatic heterocycles. The van der Waals surface area contributed by atoms with Crippen molar-refractivity contribution in [2.24, 2.45) is 9.98 Å². The van der Waals surface area contributed by atoms with Gasteiger partial charge in [-0.25, -0.2) is 9.59 Å². The van der Waals surface area contributed by atoms with Crippen LogP contribution in [0.2, 0.25) is 0 Å². The highest BCUT2D eigenvalue weighted by Crippen LogP contribution is 2.20. The van der Waals surface area contributed by atoms with Gasteiger partial charge in [-0.3, -0.25) is 19.8 Å². The Kier molecular flexibility index (Phi) is 19.5. The Hall–Kier alpha value is -0.960. The van der Waals surface area contributed by atoms with E-state index in [4.69, 9.17) is 32.7 Å². The summed E-state index contributed by atoms with van der Waals surface area (Å²) in [6.07, 6.45) is 16.2. The van der Waals surface area contributed by atoms with Crippen LogP contribution in [0.25, 0.3) is 0 Å². The molecule has 36 heavy (non-hydrogen) atoms. The van der Waals surface area contributed by atoms with Crippen molar-refractivity contribution in [2.45, 2.75) is 114 Å². The van der Waals surface area contributed by atoms with Gasteiger partial charge in [0.25, 0.3) is 0 Å². The van der Waals surface area contributed by atoms with Crippen molar-refractivity contribution < 1.29 is 19.1 Å². The van der Waals surface area contributed by atoms with E-state index in [1.165, 1.54) is 38.5 Å². The van der Waals surface area contributed by atoms with Crippen molar-refractivity contribution in [3.8, 4) is 0 Å². The van der Waals surface area contributed by atoms with Gasteiger partial charge in [0.05, 0.1) is 13.1 Å². The number of carbonyl (C=O) groups is 2. The lowest BCUT2D eigenvalue weighted by Gasteiger charge is -2.23. The zero-order chi connectivity index (χ0) is 24.8. The Morgan fingerprint density at radius 2 is 1.03 bits per heavy atom. The molecule has 0 radical (unpaired) electrons. The van der Waals surface area contributed by atoms with Gasteiger partial charge in [-0.05, 0) is 39.5 Å². The Bertz CT molecular complexity index is 627. The fourth-order valence-electron chi connectivity index (χ4n) is 4.25. The number of unbranched alkanes of at least 4 members (excludes halogenated alkanes) is 9. The van der Waals surface area contributed by atoms with Gasteiger partial charge in [-0.2, -0.15) is 0 Å². The second-order valence-corrected chi connectivity index (χ2v) is 10.1. The molecule has 0 N–H and O–H groups in total. The third-order valence-electron chi connectivity index (χ3n) is 6.00. The van der Waals surface area contributed by atoms with Gasteiger partial charge in [-0.1, -0.05) is 74.6 Å². The van der Waals surface area contributed by atoms with E-state index in [1.807, 2.05) is 0 Å². The van der Waals surface area contributed by atoms with Crippen LogP contribution in [-0.4, -0.2) is 71.0 Å². The fraction of sp³-hybridized carbons (Fsp3) is 0.833. The number of alkyl halides is 2. The van der Waals surface area contributed by atoms with Gasteiger partial charge in [0, 0.05) is 12.4 Å².